The summed E-state index contributed by atoms with van der Waals surface area (Å²) in [4.78, 5) is 78.0. The van der Waals surface area contributed by atoms with Crippen LogP contribution in [0.1, 0.15) is 58.5 Å². The van der Waals surface area contributed by atoms with Crippen molar-refractivity contribution in [2.45, 2.75) is 71.3 Å². The number of ether oxygens (including phenoxy) is 5. The van der Waals surface area contributed by atoms with Crippen molar-refractivity contribution in [1.29, 1.82) is 0 Å². The van der Waals surface area contributed by atoms with E-state index in [1.165, 1.54) is 11.0 Å². The summed E-state index contributed by atoms with van der Waals surface area (Å²) in [6, 6.07) is 8.74. The lowest BCUT2D eigenvalue weighted by Gasteiger charge is -2.35. The predicted molar refractivity (Wildman–Crippen MR) is 202 cm³/mol. The first-order valence-corrected chi connectivity index (χ1v) is 19.9. The van der Waals surface area contributed by atoms with Crippen LogP contribution in [0.3, 0.4) is 0 Å². The maximum absolute atomic E-state index is 14.4. The van der Waals surface area contributed by atoms with Crippen molar-refractivity contribution >= 4 is 43.6 Å². The Bertz CT molecular complexity index is 1740. The van der Waals surface area contributed by atoms with Gasteiger partial charge in [0.15, 0.2) is 5.82 Å². The molecule has 1 aromatic heterocycles. The summed E-state index contributed by atoms with van der Waals surface area (Å²) in [6.45, 7) is 8.50. The number of hydrogen-bond acceptors (Lipinski definition) is 16. The highest BCUT2D eigenvalue weighted by Gasteiger charge is 2.39. The van der Waals surface area contributed by atoms with Crippen LogP contribution in [0, 0.1) is 0 Å². The molecule has 57 heavy (non-hydrogen) atoms. The average Bonchev–Trinajstić information content (AvgIpc) is 3.63. The predicted octanol–water partition coefficient (Wildman–Crippen LogP) is 4.33. The molecular formula is C36H51N6O14P. The van der Waals surface area contributed by atoms with E-state index in [0.717, 1.165) is 11.3 Å². The summed E-state index contributed by atoms with van der Waals surface area (Å²) < 4.78 is 50.8. The Morgan fingerprint density at radius 2 is 1.42 bits per heavy atom. The van der Waals surface area contributed by atoms with Gasteiger partial charge in [-0.25, -0.2) is 24.4 Å². The Labute approximate surface area is 330 Å². The highest BCUT2D eigenvalue weighted by molar-refractivity contribution is 7.54. The van der Waals surface area contributed by atoms with Gasteiger partial charge in [-0.1, -0.05) is 30.3 Å². The zero-order valence-electron chi connectivity index (χ0n) is 33.1. The van der Waals surface area contributed by atoms with Crippen LogP contribution in [0.5, 0.6) is 0 Å². The minimum absolute atomic E-state index is 0.0339. The van der Waals surface area contributed by atoms with Crippen molar-refractivity contribution in [3.05, 3.63) is 42.1 Å². The molecule has 2 aliphatic heterocycles. The summed E-state index contributed by atoms with van der Waals surface area (Å²) in [6.07, 6.45) is -3.71. The zero-order chi connectivity index (χ0) is 42.0. The Balaban J connectivity index is 1.66. The molecule has 314 valence electrons. The van der Waals surface area contributed by atoms with Gasteiger partial charge in [0.25, 0.3) is 5.91 Å². The summed E-state index contributed by atoms with van der Waals surface area (Å²) in [7, 11) is -3.04. The lowest BCUT2D eigenvalue weighted by molar-refractivity contribution is -0.134. The van der Waals surface area contributed by atoms with Gasteiger partial charge < -0.3 is 48.8 Å². The maximum atomic E-state index is 14.4. The molecule has 0 radical (unpaired) electrons. The maximum Gasteiger partial charge on any atom is 0.510 e. The third-order valence-corrected chi connectivity index (χ3v) is 10.1. The van der Waals surface area contributed by atoms with E-state index in [9.17, 15) is 33.6 Å². The lowest BCUT2D eigenvalue weighted by Crippen LogP contribution is -2.56. The standard InChI is InChI=1S/C36H51N6O14P/c1-35(2,3)55-33(47)51-22-53-57(49,54-23-52-34(48)56-36(4,5)6)21-27(31(44)40-15-17-41(18-16-40)32(45)46)38-30(43)26-19-28(42-14-13-25(20-42)50-7)39-29(37-26)24-11-9-8-10-12-24/h8-12,19,25,27H,13-18,20-23H2,1-7H3,(H,38,43)(H,45,46)/t25-,27-/m0/s1. The van der Waals surface area contributed by atoms with Crippen LogP contribution in [-0.2, 0) is 42.1 Å². The quantitative estimate of drug-likeness (QED) is 0.153. The van der Waals surface area contributed by atoms with E-state index < -0.39 is 74.8 Å². The van der Waals surface area contributed by atoms with Gasteiger partial charge in [-0.3, -0.25) is 23.2 Å². The van der Waals surface area contributed by atoms with E-state index in [4.69, 9.17) is 37.7 Å². The van der Waals surface area contributed by atoms with Crippen LogP contribution in [-0.4, -0.2) is 145 Å². The molecule has 0 unspecified atom stereocenters. The molecule has 2 atom stereocenters. The van der Waals surface area contributed by atoms with Crippen LogP contribution in [0.2, 0.25) is 0 Å². The molecule has 4 rings (SSSR count). The van der Waals surface area contributed by atoms with Crippen LogP contribution in [0.4, 0.5) is 20.2 Å². The van der Waals surface area contributed by atoms with Gasteiger partial charge in [-0.05, 0) is 48.0 Å². The first-order chi connectivity index (χ1) is 26.7. The molecule has 2 N–H and O–H groups in total. The average molecular weight is 823 g/mol. The third kappa shape index (κ3) is 14.1. The second-order valence-electron chi connectivity index (χ2n) is 15.0. The SMILES string of the molecule is CO[C@H]1CCN(c2cc(C(=O)N[C@@H](CP(=O)(OCOC(=O)OC(C)(C)C)OCOC(=O)OC(C)(C)C)C(=O)N3CCN(C(=O)O)CC3)nc(-c3ccccc3)n2)C1. The highest BCUT2D eigenvalue weighted by atomic mass is 31.2. The molecule has 0 bridgehead atoms. The Hall–Kier alpha value is -5.04. The van der Waals surface area contributed by atoms with Crippen molar-refractivity contribution in [1.82, 2.24) is 25.1 Å². The van der Waals surface area contributed by atoms with Crippen molar-refractivity contribution in [2.75, 3.05) is 71.0 Å². The number of carbonyl (C=O) groups excluding carboxylic acids is 4. The molecule has 0 aliphatic carbocycles. The number of hydrogen-bond donors (Lipinski definition) is 2. The molecule has 21 heteroatoms. The molecule has 2 aromatic rings. The molecule has 3 heterocycles. The van der Waals surface area contributed by atoms with Crippen LogP contribution in [0.15, 0.2) is 36.4 Å². The fraction of sp³-hybridized carbons (Fsp3) is 0.583. The number of amides is 3. The minimum Gasteiger partial charge on any atom is -0.465 e. The van der Waals surface area contributed by atoms with E-state index in [-0.39, 0.29) is 43.8 Å². The lowest BCUT2D eigenvalue weighted by atomic mass is 10.2. The summed E-state index contributed by atoms with van der Waals surface area (Å²) >= 11 is 0. The number of benzene rings is 1. The van der Waals surface area contributed by atoms with Crippen molar-refractivity contribution in [2.24, 2.45) is 0 Å². The molecule has 1 aromatic carbocycles. The molecule has 0 spiro atoms. The first-order valence-electron chi connectivity index (χ1n) is 18.1. The Kier molecular flexibility index (Phi) is 15.2. The largest absolute Gasteiger partial charge is 0.510 e. The number of nitrogens with one attached hydrogen (secondary N) is 1. The van der Waals surface area contributed by atoms with E-state index in [1.54, 1.807) is 72.9 Å². The summed E-state index contributed by atoms with van der Waals surface area (Å²) in [5, 5.41) is 12.1. The van der Waals surface area contributed by atoms with Crippen molar-refractivity contribution in [3.8, 4) is 11.4 Å². The van der Waals surface area contributed by atoms with Crippen LogP contribution < -0.4 is 10.2 Å². The highest BCUT2D eigenvalue weighted by Crippen LogP contribution is 2.49. The third-order valence-electron chi connectivity index (χ3n) is 8.28. The Morgan fingerprint density at radius 1 is 0.860 bits per heavy atom. The number of piperazine rings is 1. The van der Waals surface area contributed by atoms with Crippen LogP contribution in [0.25, 0.3) is 11.4 Å². The fourth-order valence-electron chi connectivity index (χ4n) is 5.55. The first kappa shape index (κ1) is 44.7. The van der Waals surface area contributed by atoms with Gasteiger partial charge >= 0.3 is 26.0 Å². The van der Waals surface area contributed by atoms with E-state index in [1.807, 2.05) is 11.0 Å². The van der Waals surface area contributed by atoms with Gasteiger partial charge in [0.2, 0.25) is 19.5 Å². The smallest absolute Gasteiger partial charge is 0.465 e. The Morgan fingerprint density at radius 3 is 1.93 bits per heavy atom. The van der Waals surface area contributed by atoms with Crippen LogP contribution >= 0.6 is 7.60 Å². The monoisotopic (exact) mass is 822 g/mol. The molecule has 20 nitrogen and oxygen atoms in total. The number of rotatable bonds is 14. The normalized spacial score (nSPS) is 16.8. The molecule has 2 fully saturated rings. The van der Waals surface area contributed by atoms with Crippen molar-refractivity contribution < 1.29 is 66.4 Å². The molecule has 3 amide bonds. The summed E-state index contributed by atoms with van der Waals surface area (Å²) in [5.74, 6) is -0.968. The number of aromatic nitrogens is 2. The van der Waals surface area contributed by atoms with Gasteiger partial charge in [-0.2, -0.15) is 0 Å². The number of carboxylic acid groups (broad SMARTS) is 1. The van der Waals surface area contributed by atoms with Crippen molar-refractivity contribution in [3.63, 3.8) is 0 Å². The number of carbonyl (C=O) groups is 5. The van der Waals surface area contributed by atoms with E-state index in [0.29, 0.717) is 24.5 Å². The van der Waals surface area contributed by atoms with E-state index >= 15 is 0 Å². The number of methoxy groups -OCH3 is 1. The van der Waals surface area contributed by atoms with Gasteiger partial charge in [0.05, 0.1) is 12.3 Å². The van der Waals surface area contributed by atoms with Gasteiger partial charge in [-0.15, -0.1) is 0 Å². The van der Waals surface area contributed by atoms with Gasteiger partial charge in [0.1, 0.15) is 28.8 Å². The molecule has 2 saturated heterocycles. The summed E-state index contributed by atoms with van der Waals surface area (Å²) in [5.41, 5.74) is -1.40. The van der Waals surface area contributed by atoms with Gasteiger partial charge in [0, 0.05) is 58.0 Å². The number of nitrogens with zero attached hydrogens (tertiary/aromatic N) is 5. The topological polar surface area (TPSA) is 235 Å². The molecule has 0 saturated carbocycles. The minimum atomic E-state index is -4.65. The second-order valence-corrected chi connectivity index (χ2v) is 17.1. The zero-order valence-corrected chi connectivity index (χ0v) is 34.0. The molecular weight excluding hydrogens is 771 g/mol. The second kappa shape index (κ2) is 19.4. The molecule has 2 aliphatic rings. The fourth-order valence-corrected chi connectivity index (χ4v) is 6.96. The number of anilines is 1. The van der Waals surface area contributed by atoms with E-state index in [2.05, 4.69) is 10.3 Å².